The zero-order valence-electron chi connectivity index (χ0n) is 10.8. The molecule has 1 aliphatic carbocycles. The predicted molar refractivity (Wildman–Crippen MR) is 71.2 cm³/mol. The summed E-state index contributed by atoms with van der Waals surface area (Å²) in [5, 5.41) is 12.3. The largest absolute Gasteiger partial charge is 0.490 e. The summed E-state index contributed by atoms with van der Waals surface area (Å²) < 4.78 is 5.71. The summed E-state index contributed by atoms with van der Waals surface area (Å²) in [5.41, 5.74) is 1.15. The van der Waals surface area contributed by atoms with Gasteiger partial charge in [0.1, 0.15) is 11.8 Å². The molecular weight excluding hydrogens is 242 g/mol. The first-order valence-electron chi connectivity index (χ1n) is 6.98. The van der Waals surface area contributed by atoms with E-state index in [-0.39, 0.29) is 6.04 Å². The van der Waals surface area contributed by atoms with Gasteiger partial charge in [-0.25, -0.2) is 0 Å². The van der Waals surface area contributed by atoms with Crippen LogP contribution >= 0.6 is 0 Å². The topological polar surface area (TPSA) is 58.6 Å². The standard InChI is InChI=1S/C15H19NO3/c17-15(18)14-3-1-2-13(16-14)10-4-6-11(7-5-10)19-12-8-9-12/h4-7,12-14,16H,1-3,8-9H2,(H,17,18). The average molecular weight is 261 g/mol. The molecule has 4 nitrogen and oxygen atoms in total. The zero-order valence-corrected chi connectivity index (χ0v) is 10.8. The molecule has 1 heterocycles. The molecule has 0 amide bonds. The molecule has 2 unspecified atom stereocenters. The molecule has 1 saturated carbocycles. The van der Waals surface area contributed by atoms with Gasteiger partial charge in [-0.2, -0.15) is 0 Å². The molecule has 2 aliphatic rings. The second kappa shape index (κ2) is 5.21. The van der Waals surface area contributed by atoms with Gasteiger partial charge in [0.2, 0.25) is 0 Å². The van der Waals surface area contributed by atoms with Crippen molar-refractivity contribution >= 4 is 5.97 Å². The number of rotatable bonds is 4. The molecule has 3 rings (SSSR count). The lowest BCUT2D eigenvalue weighted by Crippen LogP contribution is -2.42. The Balaban J connectivity index is 1.65. The molecule has 2 N–H and O–H groups in total. The van der Waals surface area contributed by atoms with E-state index in [9.17, 15) is 4.79 Å². The minimum Gasteiger partial charge on any atom is -0.490 e. The molecule has 0 spiro atoms. The van der Waals surface area contributed by atoms with Crippen LogP contribution in [0.15, 0.2) is 24.3 Å². The highest BCUT2D eigenvalue weighted by Gasteiger charge is 2.27. The van der Waals surface area contributed by atoms with Crippen LogP contribution in [0.3, 0.4) is 0 Å². The maximum Gasteiger partial charge on any atom is 0.320 e. The number of nitrogens with one attached hydrogen (secondary N) is 1. The molecule has 4 heteroatoms. The van der Waals surface area contributed by atoms with E-state index in [2.05, 4.69) is 5.32 Å². The molecule has 1 aromatic carbocycles. The fourth-order valence-corrected chi connectivity index (χ4v) is 2.55. The van der Waals surface area contributed by atoms with Crippen molar-refractivity contribution in [1.29, 1.82) is 0 Å². The number of hydrogen-bond acceptors (Lipinski definition) is 3. The van der Waals surface area contributed by atoms with Crippen LogP contribution in [0.25, 0.3) is 0 Å². The first-order chi connectivity index (χ1) is 9.22. The van der Waals surface area contributed by atoms with Gasteiger partial charge in [-0.3, -0.25) is 10.1 Å². The molecule has 2 fully saturated rings. The highest BCUT2D eigenvalue weighted by Crippen LogP contribution is 2.30. The number of piperidine rings is 1. The van der Waals surface area contributed by atoms with Crippen LogP contribution in [-0.2, 0) is 4.79 Å². The number of carboxylic acid groups (broad SMARTS) is 1. The average Bonchev–Trinajstić information content (AvgIpc) is 3.24. The Kier molecular flexibility index (Phi) is 3.42. The first-order valence-corrected chi connectivity index (χ1v) is 6.98. The SMILES string of the molecule is O=C(O)C1CCCC(c2ccc(OC3CC3)cc2)N1. The molecule has 0 aromatic heterocycles. The van der Waals surface area contributed by atoms with Crippen LogP contribution in [-0.4, -0.2) is 23.2 Å². The van der Waals surface area contributed by atoms with Crippen LogP contribution in [0.2, 0.25) is 0 Å². The van der Waals surface area contributed by atoms with Gasteiger partial charge < -0.3 is 9.84 Å². The predicted octanol–water partition coefficient (Wildman–Crippen LogP) is 2.50. The summed E-state index contributed by atoms with van der Waals surface area (Å²) in [6.45, 7) is 0. The summed E-state index contributed by atoms with van der Waals surface area (Å²) in [5.74, 6) is 0.162. The molecule has 1 aliphatic heterocycles. The van der Waals surface area contributed by atoms with E-state index in [1.54, 1.807) is 0 Å². The van der Waals surface area contributed by atoms with Crippen molar-refractivity contribution in [3.8, 4) is 5.75 Å². The van der Waals surface area contributed by atoms with Gasteiger partial charge >= 0.3 is 5.97 Å². The van der Waals surface area contributed by atoms with E-state index < -0.39 is 12.0 Å². The third kappa shape index (κ3) is 3.07. The Hall–Kier alpha value is -1.55. The molecule has 1 saturated heterocycles. The van der Waals surface area contributed by atoms with Crippen molar-refractivity contribution in [3.05, 3.63) is 29.8 Å². The second-order valence-corrected chi connectivity index (χ2v) is 5.43. The van der Waals surface area contributed by atoms with Crippen LogP contribution in [0.5, 0.6) is 5.75 Å². The normalized spacial score (nSPS) is 26.9. The van der Waals surface area contributed by atoms with Gasteiger partial charge in [0.15, 0.2) is 0 Å². The number of ether oxygens (including phenoxy) is 1. The molecule has 102 valence electrons. The number of aliphatic carboxylic acids is 1. The summed E-state index contributed by atoms with van der Waals surface area (Å²) in [6.07, 6.45) is 5.39. The van der Waals surface area contributed by atoms with E-state index >= 15 is 0 Å². The summed E-state index contributed by atoms with van der Waals surface area (Å²) >= 11 is 0. The van der Waals surface area contributed by atoms with Crippen molar-refractivity contribution in [1.82, 2.24) is 5.32 Å². The van der Waals surface area contributed by atoms with Gasteiger partial charge in [-0.1, -0.05) is 12.1 Å². The molecular formula is C15H19NO3. The Labute approximate surface area is 112 Å². The zero-order chi connectivity index (χ0) is 13.2. The number of benzene rings is 1. The highest BCUT2D eigenvalue weighted by molar-refractivity contribution is 5.73. The van der Waals surface area contributed by atoms with Crippen LogP contribution in [0.1, 0.15) is 43.7 Å². The lowest BCUT2D eigenvalue weighted by molar-refractivity contribution is -0.140. The van der Waals surface area contributed by atoms with Crippen LogP contribution in [0.4, 0.5) is 0 Å². The number of carbonyl (C=O) groups is 1. The van der Waals surface area contributed by atoms with Crippen LogP contribution in [0, 0.1) is 0 Å². The van der Waals surface area contributed by atoms with E-state index in [1.807, 2.05) is 24.3 Å². The smallest absolute Gasteiger partial charge is 0.320 e. The Morgan fingerprint density at radius 3 is 2.53 bits per heavy atom. The van der Waals surface area contributed by atoms with Crippen molar-refractivity contribution in [2.75, 3.05) is 0 Å². The van der Waals surface area contributed by atoms with Crippen molar-refractivity contribution in [2.24, 2.45) is 0 Å². The quantitative estimate of drug-likeness (QED) is 0.874. The van der Waals surface area contributed by atoms with Crippen molar-refractivity contribution in [3.63, 3.8) is 0 Å². The Bertz CT molecular complexity index is 453. The summed E-state index contributed by atoms with van der Waals surface area (Å²) in [4.78, 5) is 11.0. The molecule has 19 heavy (non-hydrogen) atoms. The van der Waals surface area contributed by atoms with Gasteiger partial charge in [-0.05, 0) is 49.8 Å². The monoisotopic (exact) mass is 261 g/mol. The molecule has 0 radical (unpaired) electrons. The van der Waals surface area contributed by atoms with E-state index in [0.717, 1.165) is 37.0 Å². The lowest BCUT2D eigenvalue weighted by atomic mass is 9.93. The number of hydrogen-bond donors (Lipinski definition) is 2. The summed E-state index contributed by atoms with van der Waals surface area (Å²) in [6, 6.07) is 7.78. The molecule has 1 aromatic rings. The van der Waals surface area contributed by atoms with Gasteiger partial charge in [0.05, 0.1) is 6.10 Å². The maximum absolute atomic E-state index is 11.0. The van der Waals surface area contributed by atoms with E-state index in [4.69, 9.17) is 9.84 Å². The van der Waals surface area contributed by atoms with Gasteiger partial charge in [0, 0.05) is 6.04 Å². The fourth-order valence-electron chi connectivity index (χ4n) is 2.55. The summed E-state index contributed by atoms with van der Waals surface area (Å²) in [7, 11) is 0. The number of carboxylic acids is 1. The van der Waals surface area contributed by atoms with E-state index in [0.29, 0.717) is 12.5 Å². The Morgan fingerprint density at radius 2 is 1.89 bits per heavy atom. The Morgan fingerprint density at radius 1 is 1.16 bits per heavy atom. The first kappa shape index (κ1) is 12.5. The van der Waals surface area contributed by atoms with Gasteiger partial charge in [-0.15, -0.1) is 0 Å². The van der Waals surface area contributed by atoms with Crippen molar-refractivity contribution < 1.29 is 14.6 Å². The second-order valence-electron chi connectivity index (χ2n) is 5.43. The van der Waals surface area contributed by atoms with Gasteiger partial charge in [0.25, 0.3) is 0 Å². The minimum absolute atomic E-state index is 0.143. The van der Waals surface area contributed by atoms with Crippen LogP contribution < -0.4 is 10.1 Å². The third-order valence-corrected chi connectivity index (χ3v) is 3.80. The maximum atomic E-state index is 11.0. The molecule has 0 bridgehead atoms. The van der Waals surface area contributed by atoms with Crippen molar-refractivity contribution in [2.45, 2.75) is 50.3 Å². The lowest BCUT2D eigenvalue weighted by Gasteiger charge is -2.29. The van der Waals surface area contributed by atoms with E-state index in [1.165, 1.54) is 0 Å². The highest BCUT2D eigenvalue weighted by atomic mass is 16.5. The minimum atomic E-state index is -0.751. The molecule has 2 atom stereocenters. The third-order valence-electron chi connectivity index (χ3n) is 3.80. The fraction of sp³-hybridized carbons (Fsp3) is 0.533.